The summed E-state index contributed by atoms with van der Waals surface area (Å²) in [6.45, 7) is 0. The molecule has 0 fully saturated rings. The molecule has 0 aliphatic rings. The number of nitrogens with zero attached hydrogens (tertiary/aromatic N) is 1. The van der Waals surface area contributed by atoms with Gasteiger partial charge < -0.3 is 0 Å². The molecule has 1 nitrogen and oxygen atoms in total. The van der Waals surface area contributed by atoms with Crippen molar-refractivity contribution in [2.75, 3.05) is 0 Å². The van der Waals surface area contributed by atoms with Gasteiger partial charge in [0.05, 0.1) is 5.69 Å². The van der Waals surface area contributed by atoms with Crippen molar-refractivity contribution in [3.63, 3.8) is 0 Å². The van der Waals surface area contributed by atoms with Crippen molar-refractivity contribution in [3.8, 4) is 0 Å². The molecule has 0 unspecified atom stereocenters. The van der Waals surface area contributed by atoms with Crippen molar-refractivity contribution in [1.29, 1.82) is 0 Å². The summed E-state index contributed by atoms with van der Waals surface area (Å²) in [4.78, 5) is 4.12. The molecule has 1 aromatic heterocycles. The third-order valence-electron chi connectivity index (χ3n) is 0.661. The lowest BCUT2D eigenvalue weighted by Gasteiger charge is -1.77. The maximum atomic E-state index is 4.12. The lowest BCUT2D eigenvalue weighted by Crippen LogP contribution is -1.71. The van der Waals surface area contributed by atoms with Gasteiger partial charge in [0, 0.05) is 10.7 Å². The minimum atomic E-state index is 0. The quantitative estimate of drug-likeness (QED) is 0.716. The zero-order valence-corrected chi connectivity index (χ0v) is 10.0. The summed E-state index contributed by atoms with van der Waals surface area (Å²) in [5, 5.41) is 2.86. The number of halogens is 3. The fraction of sp³-hybridized carbons (Fsp3) is 0.250. The molecule has 1 aromatic rings. The summed E-state index contributed by atoms with van der Waals surface area (Å²) in [5.74, 6) is 0. The molecule has 0 spiro atoms. The van der Waals surface area contributed by atoms with E-state index in [1.165, 1.54) is 0 Å². The minimum Gasteiger partial charge on any atom is -0.233 e. The van der Waals surface area contributed by atoms with Gasteiger partial charge >= 0.3 is 0 Å². The van der Waals surface area contributed by atoms with E-state index in [9.17, 15) is 0 Å². The molecule has 0 amide bonds. The third kappa shape index (κ3) is 3.11. The molecule has 0 saturated heterocycles. The average molecular weight is 338 g/mol. The van der Waals surface area contributed by atoms with Gasteiger partial charge in [-0.1, -0.05) is 15.9 Å². The number of hydrogen-bond donors (Lipinski definition) is 0. The SMILES string of the molecule is Br.BrCc1csc(Br)n1. The lowest BCUT2D eigenvalue weighted by atomic mass is 10.6. The maximum Gasteiger partial charge on any atom is 0.159 e. The number of hydrogen-bond acceptors (Lipinski definition) is 2. The number of alkyl halides is 1. The van der Waals surface area contributed by atoms with E-state index in [1.54, 1.807) is 11.3 Å². The van der Waals surface area contributed by atoms with Crippen LogP contribution in [0, 0.1) is 0 Å². The highest BCUT2D eigenvalue weighted by Gasteiger charge is 1.93. The van der Waals surface area contributed by atoms with Crippen LogP contribution in [0.15, 0.2) is 9.30 Å². The molecule has 52 valence electrons. The molecule has 9 heavy (non-hydrogen) atoms. The van der Waals surface area contributed by atoms with Crippen molar-refractivity contribution in [1.82, 2.24) is 4.98 Å². The van der Waals surface area contributed by atoms with Gasteiger partial charge in [0.15, 0.2) is 3.92 Å². The molecule has 0 aliphatic heterocycles. The van der Waals surface area contributed by atoms with Crippen molar-refractivity contribution in [2.24, 2.45) is 0 Å². The Balaban J connectivity index is 0.000000640. The highest BCUT2D eigenvalue weighted by molar-refractivity contribution is 9.11. The van der Waals surface area contributed by atoms with E-state index in [0.717, 1.165) is 14.9 Å². The van der Waals surface area contributed by atoms with Crippen LogP contribution in [-0.2, 0) is 5.33 Å². The van der Waals surface area contributed by atoms with Gasteiger partial charge in [0.25, 0.3) is 0 Å². The summed E-state index contributed by atoms with van der Waals surface area (Å²) in [5.41, 5.74) is 1.09. The summed E-state index contributed by atoms with van der Waals surface area (Å²) >= 11 is 8.16. The summed E-state index contributed by atoms with van der Waals surface area (Å²) in [6.07, 6.45) is 0. The smallest absolute Gasteiger partial charge is 0.159 e. The predicted molar refractivity (Wildman–Crippen MR) is 52.8 cm³/mol. The van der Waals surface area contributed by atoms with Crippen LogP contribution < -0.4 is 0 Å². The molecule has 0 aromatic carbocycles. The molecule has 1 rings (SSSR count). The fourth-order valence-corrected chi connectivity index (χ4v) is 1.89. The number of aromatic nitrogens is 1. The maximum absolute atomic E-state index is 4.12. The van der Waals surface area contributed by atoms with Crippen LogP contribution in [-0.4, -0.2) is 4.98 Å². The second kappa shape index (κ2) is 4.82. The molecule has 0 saturated carbocycles. The molecule has 0 aliphatic carbocycles. The van der Waals surface area contributed by atoms with Crippen LogP contribution >= 0.6 is 60.2 Å². The molecular weight excluding hydrogens is 334 g/mol. The first kappa shape index (κ1) is 10.1. The van der Waals surface area contributed by atoms with Crippen LogP contribution in [0.1, 0.15) is 5.69 Å². The largest absolute Gasteiger partial charge is 0.233 e. The zero-order valence-electron chi connectivity index (χ0n) is 4.30. The van der Waals surface area contributed by atoms with E-state index in [1.807, 2.05) is 5.38 Å². The van der Waals surface area contributed by atoms with E-state index in [2.05, 4.69) is 36.8 Å². The Kier molecular flexibility index (Phi) is 5.39. The molecular formula is C4H4Br3NS. The van der Waals surface area contributed by atoms with E-state index in [0.29, 0.717) is 0 Å². The van der Waals surface area contributed by atoms with Crippen molar-refractivity contribution < 1.29 is 0 Å². The standard InChI is InChI=1S/C4H3Br2NS.BrH/c5-1-3-2-8-4(6)7-3;/h2H,1H2;1H. The van der Waals surface area contributed by atoms with Crippen molar-refractivity contribution >= 4 is 60.2 Å². The van der Waals surface area contributed by atoms with Crippen LogP contribution in [0.5, 0.6) is 0 Å². The lowest BCUT2D eigenvalue weighted by molar-refractivity contribution is 1.22. The Bertz CT molecular complexity index is 176. The molecule has 0 N–H and O–H groups in total. The minimum absolute atomic E-state index is 0. The van der Waals surface area contributed by atoms with Crippen molar-refractivity contribution in [3.05, 3.63) is 15.0 Å². The second-order valence-corrected chi connectivity index (χ2v) is 3.92. The number of rotatable bonds is 1. The van der Waals surface area contributed by atoms with Crippen LogP contribution in [0.25, 0.3) is 0 Å². The van der Waals surface area contributed by atoms with E-state index >= 15 is 0 Å². The normalized spacial score (nSPS) is 8.67. The molecule has 0 bridgehead atoms. The highest BCUT2D eigenvalue weighted by atomic mass is 79.9. The first-order chi connectivity index (χ1) is 3.83. The Morgan fingerprint density at radius 3 is 2.56 bits per heavy atom. The molecule has 0 atom stereocenters. The predicted octanol–water partition coefficient (Wildman–Crippen LogP) is 3.38. The topological polar surface area (TPSA) is 12.9 Å². The molecule has 5 heteroatoms. The van der Waals surface area contributed by atoms with E-state index in [4.69, 9.17) is 0 Å². The third-order valence-corrected chi connectivity index (χ3v) is 2.65. The van der Waals surface area contributed by atoms with Gasteiger partial charge in [-0.3, -0.25) is 0 Å². The van der Waals surface area contributed by atoms with Gasteiger partial charge in [-0.2, -0.15) is 0 Å². The Hall–Kier alpha value is 1.07. The van der Waals surface area contributed by atoms with Crippen molar-refractivity contribution in [2.45, 2.75) is 5.33 Å². The fourth-order valence-electron chi connectivity index (χ4n) is 0.344. The van der Waals surface area contributed by atoms with Gasteiger partial charge in [-0.05, 0) is 15.9 Å². The average Bonchev–Trinajstić information content (AvgIpc) is 2.14. The first-order valence-corrected chi connectivity index (χ1v) is 4.78. The Morgan fingerprint density at radius 2 is 2.33 bits per heavy atom. The van der Waals surface area contributed by atoms with Gasteiger partial charge in [0.2, 0.25) is 0 Å². The Morgan fingerprint density at radius 1 is 1.67 bits per heavy atom. The number of thiazole rings is 1. The molecule has 1 heterocycles. The summed E-state index contributed by atoms with van der Waals surface area (Å²) in [7, 11) is 0. The zero-order chi connectivity index (χ0) is 5.98. The van der Waals surface area contributed by atoms with E-state index in [-0.39, 0.29) is 17.0 Å². The molecule has 0 radical (unpaired) electrons. The Labute approximate surface area is 84.9 Å². The summed E-state index contributed by atoms with van der Waals surface area (Å²) in [6, 6.07) is 0. The van der Waals surface area contributed by atoms with Gasteiger partial charge in [-0.15, -0.1) is 28.3 Å². The van der Waals surface area contributed by atoms with Gasteiger partial charge in [0.1, 0.15) is 0 Å². The highest BCUT2D eigenvalue weighted by Crippen LogP contribution is 2.16. The second-order valence-electron chi connectivity index (χ2n) is 1.23. The van der Waals surface area contributed by atoms with E-state index < -0.39 is 0 Å². The van der Waals surface area contributed by atoms with Crippen LogP contribution in [0.3, 0.4) is 0 Å². The monoisotopic (exact) mass is 335 g/mol. The summed E-state index contributed by atoms with van der Waals surface area (Å²) < 4.78 is 0.951. The first-order valence-electron chi connectivity index (χ1n) is 1.99. The van der Waals surface area contributed by atoms with Gasteiger partial charge in [-0.25, -0.2) is 4.98 Å². The van der Waals surface area contributed by atoms with Crippen LogP contribution in [0.2, 0.25) is 0 Å². The van der Waals surface area contributed by atoms with Crippen LogP contribution in [0.4, 0.5) is 0 Å².